The van der Waals surface area contributed by atoms with Gasteiger partial charge >= 0.3 is 34.4 Å². The van der Waals surface area contributed by atoms with Crippen molar-refractivity contribution in [2.45, 2.75) is 150 Å². The fourth-order valence-electron chi connectivity index (χ4n) is 10.9. The Balaban J connectivity index is 0.000000190. The fraction of sp³-hybridized carbons (Fsp3) is 0.600. The first-order chi connectivity index (χ1) is 44.6. The molecule has 10 rings (SSSR count). The Hall–Kier alpha value is -8.00. The van der Waals surface area contributed by atoms with Gasteiger partial charge in [0.1, 0.15) is 17.3 Å². The molecule has 31 nitrogen and oxygen atoms in total. The van der Waals surface area contributed by atoms with Crippen molar-refractivity contribution in [1.82, 2.24) is 47.8 Å². The van der Waals surface area contributed by atoms with Crippen molar-refractivity contribution in [3.05, 3.63) is 178 Å². The fourth-order valence-corrected chi connectivity index (χ4v) is 10.9. The Bertz CT molecular complexity index is 3970. The van der Waals surface area contributed by atoms with Crippen LogP contribution in [0.5, 0.6) is 0 Å². The van der Waals surface area contributed by atoms with Gasteiger partial charge in [0.25, 0.3) is 51.5 Å². The van der Waals surface area contributed by atoms with Crippen LogP contribution in [-0.2, 0) is 23.7 Å². The molecule has 96 heavy (non-hydrogen) atoms. The number of alkyl halides is 10. The van der Waals surface area contributed by atoms with Crippen LogP contribution in [0.4, 0.5) is 43.9 Å². The maximum Gasteiger partial charge on any atom is 0.330 e. The van der Waals surface area contributed by atoms with Gasteiger partial charge in [-0.2, -0.15) is 8.78 Å². The topological polar surface area (TPSA) is 442 Å². The van der Waals surface area contributed by atoms with Crippen LogP contribution in [0.2, 0.25) is 0 Å². The SMILES string of the molecule is C=C[C@]1(CC)O[C@@H](n2ccc(=O)[nH]c2=O)C(F)(F)[C@@H]1C.CC[C@@]1(CO)O[C@@H](n2ccc(=O)[nH]c2=O)C(F)(F)[C@@H]1C.C[C@@H]1C(CO)(CO)O[C@@H](n2ccc(=O)[nH]c2=O)C1(F)F.C[C@@H]1[C@@H](CO)O[C@@H](n2ccc(=O)[nH]c2=O)C1(F)F.O=c1ccn([C@@H]2O[C@H](CO)[C@@H](O)C2(F)F)c(=O)[nH]1. The first kappa shape index (κ1) is 77.0. The lowest BCUT2D eigenvalue weighted by Crippen LogP contribution is -2.45. The number of nitrogens with zero attached hydrogens (tertiary/aromatic N) is 5. The van der Waals surface area contributed by atoms with Crippen LogP contribution in [0, 0.1) is 23.7 Å². The molecule has 0 radical (unpaired) electrons. The Morgan fingerprint density at radius 2 is 0.719 bits per heavy atom. The molecule has 0 aromatic carbocycles. The Kier molecular flexibility index (Phi) is 23.3. The number of aliphatic hydroxyl groups is 6. The normalized spacial score (nSPS) is 30.7. The third kappa shape index (κ3) is 14.4. The summed E-state index contributed by atoms with van der Waals surface area (Å²) >= 11 is 0. The van der Waals surface area contributed by atoms with Crippen molar-refractivity contribution in [1.29, 1.82) is 0 Å². The van der Waals surface area contributed by atoms with Crippen LogP contribution in [0.3, 0.4) is 0 Å². The number of hydrogen-bond donors (Lipinski definition) is 11. The third-order valence-electron chi connectivity index (χ3n) is 17.4. The summed E-state index contributed by atoms with van der Waals surface area (Å²) in [7, 11) is 0. The molecular weight excluding hydrogens is 1330 g/mol. The number of aliphatic hydroxyl groups excluding tert-OH is 6. The van der Waals surface area contributed by atoms with E-state index < -0.39 is 209 Å². The Morgan fingerprint density at radius 1 is 0.427 bits per heavy atom. The second-order valence-electron chi connectivity index (χ2n) is 22.7. The second kappa shape index (κ2) is 29.0. The van der Waals surface area contributed by atoms with Crippen molar-refractivity contribution in [2.75, 3.05) is 33.0 Å². The lowest BCUT2D eigenvalue weighted by molar-refractivity contribution is -0.154. The summed E-state index contributed by atoms with van der Waals surface area (Å²) in [6, 6.07) is 4.71. The largest absolute Gasteiger partial charge is 0.394 e. The molecule has 5 aliphatic rings. The minimum atomic E-state index is -3.75. The van der Waals surface area contributed by atoms with E-state index in [-0.39, 0.29) is 6.42 Å². The highest BCUT2D eigenvalue weighted by atomic mass is 19.3. The van der Waals surface area contributed by atoms with E-state index in [1.165, 1.54) is 26.8 Å². The van der Waals surface area contributed by atoms with Gasteiger partial charge in [-0.15, -0.1) is 6.58 Å². The van der Waals surface area contributed by atoms with Gasteiger partial charge in [0.05, 0.1) is 68.4 Å². The molecule has 11 N–H and O–H groups in total. The molecule has 10 heterocycles. The lowest BCUT2D eigenvalue weighted by atomic mass is 9.84. The molecule has 5 aromatic heterocycles. The standard InChI is InChI=1S/C13H16F2N2O3.C12H16F2N2O4.C11H14F2N2O5.C10H12F2N2O4.C9H10F2N2O5/c1-4-12(5-2)8(3)13(14,15)10(20-12)17-7-6-9(18)16-11(17)19;1-3-11(6-17)7(2)12(13,14)9(20-11)16-5-4-8(18)15-10(16)19;1-6-10(4-16,5-17)20-8(11(6,12)13)15-3-2-7(18)14-9(15)19;1-5-6(4-15)18-8(10(5,11)12)14-3-2-7(16)13-9(14)17;10-9(11)6(16)4(3-14)18-7(9)13-2-1-5(15)12-8(13)17/h4,6-8,10H,1,5H2,2-3H3,(H,16,18,19);4-5,7,9,17H,3,6H2,1-2H3,(H,15,18,19);2-3,6,8,16-17H,4-5H2,1H3,(H,14,18,19);2-3,5-6,8,15H,4H2,1H3,(H,13,16,17);1-2,4,6-7,14,16H,3H2,(H,12,15,17)/t8-,10-,12-;7-,9-,11+;6-,8-;5-,6-,8-;4-,6-,7-/m11111/s1. The number of halogens is 10. The lowest BCUT2D eigenvalue weighted by Gasteiger charge is -2.29. The van der Waals surface area contributed by atoms with E-state index in [4.69, 9.17) is 33.9 Å². The summed E-state index contributed by atoms with van der Waals surface area (Å²) in [5.74, 6) is -22.3. The number of ether oxygens (including phenoxy) is 5. The zero-order valence-corrected chi connectivity index (χ0v) is 51.3. The van der Waals surface area contributed by atoms with Gasteiger partial charge in [-0.3, -0.25) is 71.7 Å². The van der Waals surface area contributed by atoms with Crippen LogP contribution in [0.1, 0.15) is 85.5 Å². The highest BCUT2D eigenvalue weighted by Crippen LogP contribution is 2.55. The molecule has 0 bridgehead atoms. The average Bonchev–Trinajstić information content (AvgIpc) is 1.60. The van der Waals surface area contributed by atoms with E-state index in [9.17, 15) is 112 Å². The van der Waals surface area contributed by atoms with Gasteiger partial charge in [-0.05, 0) is 12.8 Å². The summed E-state index contributed by atoms with van der Waals surface area (Å²) in [6.07, 6.45) is -7.82. The minimum Gasteiger partial charge on any atom is -0.394 e. The van der Waals surface area contributed by atoms with E-state index in [1.807, 2.05) is 19.9 Å². The zero-order chi connectivity index (χ0) is 72.4. The van der Waals surface area contributed by atoms with Crippen molar-refractivity contribution < 1.29 is 98.2 Å². The molecule has 5 fully saturated rings. The molecule has 0 unspecified atom stereocenters. The van der Waals surface area contributed by atoms with Crippen molar-refractivity contribution in [3.63, 3.8) is 0 Å². The van der Waals surface area contributed by atoms with E-state index in [1.54, 1.807) is 18.8 Å². The van der Waals surface area contributed by atoms with E-state index >= 15 is 0 Å². The van der Waals surface area contributed by atoms with Crippen molar-refractivity contribution >= 4 is 0 Å². The monoisotopic (exact) mass is 1390 g/mol. The predicted octanol–water partition coefficient (Wildman–Crippen LogP) is -0.670. The predicted molar refractivity (Wildman–Crippen MR) is 307 cm³/mol. The quantitative estimate of drug-likeness (QED) is 0.0514. The van der Waals surface area contributed by atoms with Gasteiger partial charge in [0.2, 0.25) is 31.1 Å². The second-order valence-corrected chi connectivity index (χ2v) is 22.7. The van der Waals surface area contributed by atoms with E-state index in [0.717, 1.165) is 68.2 Å². The smallest absolute Gasteiger partial charge is 0.330 e. The first-order valence-corrected chi connectivity index (χ1v) is 28.8. The summed E-state index contributed by atoms with van der Waals surface area (Å²) in [5, 5.41) is 54.9. The van der Waals surface area contributed by atoms with Crippen molar-refractivity contribution in [2.24, 2.45) is 23.7 Å². The van der Waals surface area contributed by atoms with Gasteiger partial charge < -0.3 is 54.3 Å². The molecule has 534 valence electrons. The maximum absolute atomic E-state index is 14.4. The maximum atomic E-state index is 14.4. The van der Waals surface area contributed by atoms with Crippen LogP contribution < -0.4 is 56.2 Å². The van der Waals surface area contributed by atoms with Crippen LogP contribution in [0.25, 0.3) is 0 Å². The van der Waals surface area contributed by atoms with Crippen molar-refractivity contribution in [3.8, 4) is 0 Å². The van der Waals surface area contributed by atoms with Gasteiger partial charge in [-0.25, -0.2) is 59.1 Å². The summed E-state index contributed by atoms with van der Waals surface area (Å²) in [6.45, 7) is 8.29. The molecule has 0 aliphatic carbocycles. The molecule has 5 aromatic rings. The van der Waals surface area contributed by atoms with Crippen LogP contribution in [0.15, 0.2) is 122 Å². The minimum absolute atomic E-state index is 0.175. The first-order valence-electron chi connectivity index (χ1n) is 28.8. The molecule has 41 heteroatoms. The number of rotatable bonds is 13. The van der Waals surface area contributed by atoms with Gasteiger partial charge in [0, 0.05) is 61.3 Å². The average molecular weight is 1400 g/mol. The zero-order valence-electron chi connectivity index (χ0n) is 51.3. The molecule has 0 spiro atoms. The summed E-state index contributed by atoms with van der Waals surface area (Å²) in [4.78, 5) is 122. The van der Waals surface area contributed by atoms with Gasteiger partial charge in [-0.1, -0.05) is 47.6 Å². The number of H-pyrrole nitrogens is 5. The van der Waals surface area contributed by atoms with Crippen LogP contribution in [-0.4, -0.2) is 176 Å². The van der Waals surface area contributed by atoms with Crippen LogP contribution >= 0.6 is 0 Å². The van der Waals surface area contributed by atoms with E-state index in [2.05, 4.69) is 6.58 Å². The molecule has 0 saturated carbocycles. The Morgan fingerprint density at radius 3 is 0.969 bits per heavy atom. The molecule has 14 atom stereocenters. The number of aromatic nitrogens is 10. The molecular formula is C55H68F10N10O21. The highest BCUT2D eigenvalue weighted by molar-refractivity contribution is 5.12. The third-order valence-corrected chi connectivity index (χ3v) is 17.4. The van der Waals surface area contributed by atoms with Gasteiger partial charge in [0.15, 0.2) is 6.10 Å². The summed E-state index contributed by atoms with van der Waals surface area (Å²) < 4.78 is 170. The summed E-state index contributed by atoms with van der Waals surface area (Å²) in [5.41, 5.74) is -13.0. The van der Waals surface area contributed by atoms with E-state index in [0.29, 0.717) is 29.3 Å². The molecule has 5 aliphatic heterocycles. The number of aromatic amines is 5. The number of hydrogen-bond acceptors (Lipinski definition) is 21. The highest BCUT2D eigenvalue weighted by Gasteiger charge is 2.67. The molecule has 5 saturated heterocycles. The molecule has 0 amide bonds. The number of nitrogens with one attached hydrogen (secondary N) is 5. The Labute approximate surface area is 530 Å².